The minimum Gasteiger partial charge on any atom is -0.477 e. The molecule has 0 fully saturated rings. The van der Waals surface area contributed by atoms with E-state index in [0.717, 1.165) is 4.88 Å². The van der Waals surface area contributed by atoms with Crippen molar-refractivity contribution >= 4 is 11.3 Å². The molecule has 0 saturated heterocycles. The van der Waals surface area contributed by atoms with Gasteiger partial charge in [0.05, 0.1) is 30.7 Å². The van der Waals surface area contributed by atoms with Crippen LogP contribution in [-0.4, -0.2) is 21.6 Å². The van der Waals surface area contributed by atoms with E-state index in [2.05, 4.69) is 15.0 Å². The molecular formula is C9H9N3OS. The molecule has 0 aliphatic carbocycles. The van der Waals surface area contributed by atoms with E-state index >= 15 is 0 Å². The van der Waals surface area contributed by atoms with E-state index < -0.39 is 0 Å². The van der Waals surface area contributed by atoms with Crippen LogP contribution in [0.5, 0.6) is 5.88 Å². The molecule has 0 spiro atoms. The molecular weight excluding hydrogens is 198 g/mol. The van der Waals surface area contributed by atoms with Crippen molar-refractivity contribution in [3.63, 3.8) is 0 Å². The van der Waals surface area contributed by atoms with Crippen molar-refractivity contribution in [2.75, 3.05) is 6.61 Å². The first-order chi connectivity index (χ1) is 7.29. The highest BCUT2D eigenvalue weighted by atomic mass is 32.1. The van der Waals surface area contributed by atoms with Crippen LogP contribution < -0.4 is 4.74 Å². The summed E-state index contributed by atoms with van der Waals surface area (Å²) >= 11 is 1.27. The Hall–Kier alpha value is -1.49. The van der Waals surface area contributed by atoms with Crippen LogP contribution >= 0.6 is 11.3 Å². The van der Waals surface area contributed by atoms with E-state index in [1.165, 1.54) is 11.3 Å². The summed E-state index contributed by atoms with van der Waals surface area (Å²) in [5.74, 6) is 0.495. The second-order valence-electron chi connectivity index (χ2n) is 2.49. The molecule has 0 saturated carbocycles. The van der Waals surface area contributed by atoms with Gasteiger partial charge in [-0.25, -0.2) is 4.98 Å². The normalized spacial score (nSPS) is 11.1. The lowest BCUT2D eigenvalue weighted by atomic mass is 10.4. The van der Waals surface area contributed by atoms with E-state index in [1.807, 2.05) is 6.92 Å². The van der Waals surface area contributed by atoms with Crippen LogP contribution in [0.2, 0.25) is 0 Å². The second kappa shape index (κ2) is 4.15. The Morgan fingerprint density at radius 3 is 3.07 bits per heavy atom. The highest BCUT2D eigenvalue weighted by Crippen LogP contribution is 2.21. The third kappa shape index (κ3) is 1.88. The predicted molar refractivity (Wildman–Crippen MR) is 54.3 cm³/mol. The Morgan fingerprint density at radius 2 is 2.36 bits per heavy atom. The van der Waals surface area contributed by atoms with Crippen LogP contribution in [0.3, 0.4) is 0 Å². The molecule has 0 aliphatic rings. The molecule has 0 unspecified atom stereocenters. The average Bonchev–Trinajstić information content (AvgIpc) is 2.66. The predicted octanol–water partition coefficient (Wildman–Crippen LogP) is 2.00. The number of nitrogens with zero attached hydrogens (tertiary/aromatic N) is 3. The smallest absolute Gasteiger partial charge is 0.232 e. The van der Waals surface area contributed by atoms with Crippen LogP contribution in [0.25, 0.3) is 10.6 Å². The van der Waals surface area contributed by atoms with Crippen molar-refractivity contribution in [3.05, 3.63) is 24.1 Å². The van der Waals surface area contributed by atoms with Gasteiger partial charge < -0.3 is 4.74 Å². The first kappa shape index (κ1) is 7.87. The van der Waals surface area contributed by atoms with Crippen LogP contribution in [0.15, 0.2) is 24.1 Å². The summed E-state index contributed by atoms with van der Waals surface area (Å²) in [7, 11) is 0. The van der Waals surface area contributed by atoms with E-state index in [4.69, 9.17) is 6.11 Å². The molecule has 0 bridgehead atoms. The van der Waals surface area contributed by atoms with E-state index in [-0.39, 0.29) is 5.49 Å². The third-order valence-electron chi connectivity index (χ3n) is 1.55. The van der Waals surface area contributed by atoms with Crippen LogP contribution in [0.4, 0.5) is 0 Å². The van der Waals surface area contributed by atoms with Crippen LogP contribution in [-0.2, 0) is 0 Å². The zero-order chi connectivity index (χ0) is 10.7. The quantitative estimate of drug-likeness (QED) is 0.774. The molecule has 0 aromatic carbocycles. The summed E-state index contributed by atoms with van der Waals surface area (Å²) in [4.78, 5) is 12.9. The first-order valence-electron chi connectivity index (χ1n) is 4.67. The van der Waals surface area contributed by atoms with Gasteiger partial charge >= 0.3 is 0 Å². The zero-order valence-corrected chi connectivity index (χ0v) is 8.41. The highest BCUT2D eigenvalue weighted by molar-refractivity contribution is 7.13. The molecule has 0 amide bonds. The van der Waals surface area contributed by atoms with Crippen molar-refractivity contribution in [2.24, 2.45) is 0 Å². The Bertz CT molecular complexity index is 460. The van der Waals surface area contributed by atoms with Gasteiger partial charge in [0, 0.05) is 6.20 Å². The molecule has 4 nitrogen and oxygen atoms in total. The largest absolute Gasteiger partial charge is 0.477 e. The maximum absolute atomic E-state index is 7.33. The SMILES string of the molecule is [2H]c1ncc(-c2cncc(OCC)n2)s1. The van der Waals surface area contributed by atoms with Crippen molar-refractivity contribution in [1.82, 2.24) is 15.0 Å². The number of aromatic nitrogens is 3. The standard InChI is InChI=1S/C9H9N3OS/c1-2-13-9-5-10-3-7(12-9)8-4-11-6-14-8/h3-6H,2H2,1H3/i6D. The highest BCUT2D eigenvalue weighted by Gasteiger charge is 2.03. The molecule has 0 aliphatic heterocycles. The average molecular weight is 208 g/mol. The van der Waals surface area contributed by atoms with E-state index in [1.54, 1.807) is 18.6 Å². The maximum atomic E-state index is 7.33. The summed E-state index contributed by atoms with van der Waals surface area (Å²) in [5.41, 5.74) is 0.963. The zero-order valence-electron chi connectivity index (χ0n) is 8.60. The van der Waals surface area contributed by atoms with Crippen molar-refractivity contribution in [3.8, 4) is 16.5 Å². The van der Waals surface area contributed by atoms with Crippen molar-refractivity contribution < 1.29 is 6.11 Å². The molecule has 2 aromatic heterocycles. The summed E-state index contributed by atoms with van der Waals surface area (Å²) in [5, 5.41) is 0. The fourth-order valence-corrected chi connectivity index (χ4v) is 1.50. The lowest BCUT2D eigenvalue weighted by Crippen LogP contribution is -1.95. The molecule has 0 radical (unpaired) electrons. The third-order valence-corrected chi connectivity index (χ3v) is 2.28. The molecule has 2 heterocycles. The lowest BCUT2D eigenvalue weighted by Gasteiger charge is -2.01. The van der Waals surface area contributed by atoms with Gasteiger partial charge in [0.25, 0.3) is 0 Å². The molecule has 2 rings (SSSR count). The fourth-order valence-electron chi connectivity index (χ4n) is 0.990. The summed E-state index contributed by atoms with van der Waals surface area (Å²) in [6, 6.07) is 0. The lowest BCUT2D eigenvalue weighted by molar-refractivity contribution is 0.325. The van der Waals surface area contributed by atoms with Gasteiger partial charge in [0.2, 0.25) is 5.88 Å². The fraction of sp³-hybridized carbons (Fsp3) is 0.222. The number of hydrogen-bond acceptors (Lipinski definition) is 5. The van der Waals surface area contributed by atoms with Crippen molar-refractivity contribution in [1.29, 1.82) is 0 Å². The van der Waals surface area contributed by atoms with Gasteiger partial charge in [0.1, 0.15) is 5.69 Å². The van der Waals surface area contributed by atoms with Crippen LogP contribution in [0.1, 0.15) is 8.29 Å². The monoisotopic (exact) mass is 208 g/mol. The second-order valence-corrected chi connectivity index (χ2v) is 3.32. The number of ether oxygens (including phenoxy) is 1. The van der Waals surface area contributed by atoms with Gasteiger partial charge in [0.15, 0.2) is 0 Å². The number of rotatable bonds is 3. The van der Waals surface area contributed by atoms with Gasteiger partial charge in [-0.1, -0.05) is 0 Å². The van der Waals surface area contributed by atoms with Gasteiger partial charge in [-0.2, -0.15) is 0 Å². The molecule has 72 valence electrons. The Kier molecular flexibility index (Phi) is 2.33. The minimum absolute atomic E-state index is 0.272. The topological polar surface area (TPSA) is 47.9 Å². The summed E-state index contributed by atoms with van der Waals surface area (Å²) in [6.07, 6.45) is 4.82. The molecule has 0 atom stereocenters. The maximum Gasteiger partial charge on any atom is 0.232 e. The van der Waals surface area contributed by atoms with Gasteiger partial charge in [-0.3, -0.25) is 9.97 Å². The van der Waals surface area contributed by atoms with Crippen LogP contribution in [0, 0.1) is 0 Å². The number of thiazole rings is 1. The van der Waals surface area contributed by atoms with Gasteiger partial charge in [-0.05, 0) is 6.92 Å². The first-order valence-corrected chi connectivity index (χ1v) is 4.99. The Labute approximate surface area is 87.0 Å². The Balaban J connectivity index is 2.32. The molecule has 0 N–H and O–H groups in total. The summed E-state index contributed by atoms with van der Waals surface area (Å²) in [6.45, 7) is 2.45. The van der Waals surface area contributed by atoms with E-state index in [9.17, 15) is 0 Å². The van der Waals surface area contributed by atoms with E-state index in [0.29, 0.717) is 18.2 Å². The minimum atomic E-state index is 0.272. The molecule has 5 heteroatoms. The molecule has 14 heavy (non-hydrogen) atoms. The van der Waals surface area contributed by atoms with Crippen molar-refractivity contribution in [2.45, 2.75) is 6.92 Å². The summed E-state index contributed by atoms with van der Waals surface area (Å²) < 4.78 is 12.6. The molecule has 2 aromatic rings. The number of hydrogen-bond donors (Lipinski definition) is 0. The van der Waals surface area contributed by atoms with Gasteiger partial charge in [-0.15, -0.1) is 11.3 Å². The Morgan fingerprint density at radius 1 is 1.43 bits per heavy atom.